The van der Waals surface area contributed by atoms with E-state index in [4.69, 9.17) is 14.2 Å². The maximum absolute atomic E-state index is 12.8. The zero-order valence-electron chi connectivity index (χ0n) is 39.7. The van der Waals surface area contributed by atoms with Crippen LogP contribution in [0.5, 0.6) is 0 Å². The summed E-state index contributed by atoms with van der Waals surface area (Å²) < 4.78 is 16.8. The average molecular weight is 821 g/mol. The van der Waals surface area contributed by atoms with Crippen LogP contribution in [0.3, 0.4) is 0 Å². The minimum atomic E-state index is -0.761. The second-order valence-electron chi connectivity index (χ2n) is 18.5. The standard InChI is InChI=1S/C52H100O6/c1-6-8-9-10-11-12-13-16-21-24-27-34-39-44-52(55)58-49(46-57-51(54)43-38-33-29-28-30-35-40-47(3)4)45-56-50(53)42-37-32-26-23-20-18-15-14-17-19-22-25-31-36-41-48(5)7-2/h47-49H,6-46H2,1-5H3/t48?,49-/m0/s1. The van der Waals surface area contributed by atoms with Crippen LogP contribution in [0.25, 0.3) is 0 Å². The Hall–Kier alpha value is -1.59. The van der Waals surface area contributed by atoms with Crippen LogP contribution in [0.1, 0.15) is 285 Å². The van der Waals surface area contributed by atoms with Crippen LogP contribution in [0, 0.1) is 11.8 Å². The molecule has 0 saturated carbocycles. The summed E-state index contributed by atoms with van der Waals surface area (Å²) in [5.41, 5.74) is 0. The minimum absolute atomic E-state index is 0.0644. The molecule has 0 aromatic heterocycles. The fourth-order valence-electron chi connectivity index (χ4n) is 7.78. The molecule has 0 amide bonds. The first-order valence-corrected chi connectivity index (χ1v) is 25.8. The summed E-state index contributed by atoms with van der Waals surface area (Å²) in [5.74, 6) is 0.806. The van der Waals surface area contributed by atoms with Crippen LogP contribution in [0.2, 0.25) is 0 Å². The SMILES string of the molecule is CCCCCCCCCCCCCCCC(=O)O[C@@H](COC(=O)CCCCCCCCCCCCCCCCC(C)CC)COC(=O)CCCCCCCCC(C)C. The number of unbranched alkanes of at least 4 members (excludes halogenated alkanes) is 30. The Morgan fingerprint density at radius 3 is 0.983 bits per heavy atom. The fourth-order valence-corrected chi connectivity index (χ4v) is 7.78. The normalized spacial score (nSPS) is 12.5. The number of hydrogen-bond donors (Lipinski definition) is 0. The van der Waals surface area contributed by atoms with E-state index in [0.29, 0.717) is 19.3 Å². The van der Waals surface area contributed by atoms with Crippen LogP contribution in [0.4, 0.5) is 0 Å². The Kier molecular flexibility index (Phi) is 43.7. The van der Waals surface area contributed by atoms with Gasteiger partial charge >= 0.3 is 17.9 Å². The number of rotatable bonds is 46. The van der Waals surface area contributed by atoms with Crippen molar-refractivity contribution in [1.82, 2.24) is 0 Å². The molecule has 0 fully saturated rings. The van der Waals surface area contributed by atoms with Crippen LogP contribution in [-0.2, 0) is 28.6 Å². The molecule has 2 atom stereocenters. The van der Waals surface area contributed by atoms with Crippen molar-refractivity contribution in [2.45, 2.75) is 291 Å². The topological polar surface area (TPSA) is 78.9 Å². The maximum Gasteiger partial charge on any atom is 0.306 e. The molecule has 6 nitrogen and oxygen atoms in total. The van der Waals surface area contributed by atoms with E-state index in [1.54, 1.807) is 0 Å². The van der Waals surface area contributed by atoms with Crippen molar-refractivity contribution >= 4 is 17.9 Å². The number of carbonyl (C=O) groups excluding carboxylic acids is 3. The highest BCUT2D eigenvalue weighted by Gasteiger charge is 2.19. The van der Waals surface area contributed by atoms with Crippen molar-refractivity contribution in [2.24, 2.45) is 11.8 Å². The molecular weight excluding hydrogens is 721 g/mol. The number of carbonyl (C=O) groups is 3. The predicted octanol–water partition coefficient (Wildman–Crippen LogP) is 16.5. The van der Waals surface area contributed by atoms with E-state index < -0.39 is 6.10 Å². The third-order valence-corrected chi connectivity index (χ3v) is 12.1. The monoisotopic (exact) mass is 821 g/mol. The summed E-state index contributed by atoms with van der Waals surface area (Å²) in [6.07, 6.45) is 45.2. The molecule has 58 heavy (non-hydrogen) atoms. The second-order valence-corrected chi connectivity index (χ2v) is 18.5. The van der Waals surface area contributed by atoms with Crippen molar-refractivity contribution in [3.8, 4) is 0 Å². The molecule has 0 aliphatic carbocycles. The van der Waals surface area contributed by atoms with Gasteiger partial charge in [-0.05, 0) is 31.1 Å². The van der Waals surface area contributed by atoms with Gasteiger partial charge in [-0.2, -0.15) is 0 Å². The minimum Gasteiger partial charge on any atom is -0.462 e. The van der Waals surface area contributed by atoms with Crippen LogP contribution in [0.15, 0.2) is 0 Å². The average Bonchev–Trinajstić information content (AvgIpc) is 3.21. The van der Waals surface area contributed by atoms with Crippen LogP contribution in [-0.4, -0.2) is 37.2 Å². The molecule has 1 unspecified atom stereocenters. The first-order valence-electron chi connectivity index (χ1n) is 25.8. The summed E-state index contributed by atoms with van der Waals surface area (Å²) in [6.45, 7) is 11.3. The highest BCUT2D eigenvalue weighted by molar-refractivity contribution is 5.71. The van der Waals surface area contributed by atoms with E-state index in [-0.39, 0.29) is 31.1 Å². The van der Waals surface area contributed by atoms with Crippen LogP contribution < -0.4 is 0 Å². The first-order chi connectivity index (χ1) is 28.3. The summed E-state index contributed by atoms with van der Waals surface area (Å²) in [7, 11) is 0. The highest BCUT2D eigenvalue weighted by Crippen LogP contribution is 2.18. The molecule has 6 heteroatoms. The molecule has 0 bridgehead atoms. The lowest BCUT2D eigenvalue weighted by molar-refractivity contribution is -0.167. The Morgan fingerprint density at radius 1 is 0.362 bits per heavy atom. The van der Waals surface area contributed by atoms with Gasteiger partial charge in [-0.25, -0.2) is 0 Å². The van der Waals surface area contributed by atoms with Gasteiger partial charge in [0, 0.05) is 19.3 Å². The first kappa shape index (κ1) is 56.4. The lowest BCUT2D eigenvalue weighted by Gasteiger charge is -2.18. The van der Waals surface area contributed by atoms with Crippen molar-refractivity contribution in [3.63, 3.8) is 0 Å². The number of ether oxygens (including phenoxy) is 3. The van der Waals surface area contributed by atoms with Gasteiger partial charge in [0.1, 0.15) is 13.2 Å². The Balaban J connectivity index is 4.25. The molecule has 0 saturated heterocycles. The molecule has 0 N–H and O–H groups in total. The Morgan fingerprint density at radius 2 is 0.655 bits per heavy atom. The number of hydrogen-bond acceptors (Lipinski definition) is 6. The van der Waals surface area contributed by atoms with E-state index in [9.17, 15) is 14.4 Å². The van der Waals surface area contributed by atoms with E-state index in [1.807, 2.05) is 0 Å². The lowest BCUT2D eigenvalue weighted by Crippen LogP contribution is -2.30. The maximum atomic E-state index is 12.8. The van der Waals surface area contributed by atoms with Gasteiger partial charge in [-0.15, -0.1) is 0 Å². The van der Waals surface area contributed by atoms with Crippen LogP contribution >= 0.6 is 0 Å². The van der Waals surface area contributed by atoms with E-state index in [0.717, 1.165) is 69.6 Å². The molecule has 0 heterocycles. The summed E-state index contributed by atoms with van der Waals surface area (Å²) >= 11 is 0. The van der Waals surface area contributed by atoms with Gasteiger partial charge in [0.05, 0.1) is 0 Å². The zero-order chi connectivity index (χ0) is 42.6. The zero-order valence-corrected chi connectivity index (χ0v) is 39.7. The predicted molar refractivity (Wildman–Crippen MR) is 247 cm³/mol. The van der Waals surface area contributed by atoms with Gasteiger partial charge in [-0.3, -0.25) is 14.4 Å². The Bertz CT molecular complexity index is 887. The molecule has 344 valence electrons. The molecule has 0 aromatic carbocycles. The number of esters is 3. The smallest absolute Gasteiger partial charge is 0.306 e. The van der Waals surface area contributed by atoms with Gasteiger partial charge in [0.25, 0.3) is 0 Å². The van der Waals surface area contributed by atoms with Gasteiger partial charge in [-0.1, -0.05) is 247 Å². The van der Waals surface area contributed by atoms with Crippen molar-refractivity contribution in [2.75, 3.05) is 13.2 Å². The van der Waals surface area contributed by atoms with Gasteiger partial charge in [0.2, 0.25) is 0 Å². The van der Waals surface area contributed by atoms with Crippen molar-refractivity contribution in [3.05, 3.63) is 0 Å². The van der Waals surface area contributed by atoms with Crippen molar-refractivity contribution in [1.29, 1.82) is 0 Å². The Labute approximate surface area is 361 Å². The fraction of sp³-hybridized carbons (Fsp3) is 0.942. The summed E-state index contributed by atoms with van der Waals surface area (Å²) in [4.78, 5) is 37.8. The highest BCUT2D eigenvalue weighted by atomic mass is 16.6. The van der Waals surface area contributed by atoms with Gasteiger partial charge < -0.3 is 14.2 Å². The molecule has 0 aliphatic heterocycles. The third kappa shape index (κ3) is 44.0. The summed E-state index contributed by atoms with van der Waals surface area (Å²) in [6, 6.07) is 0. The molecule has 0 aromatic rings. The van der Waals surface area contributed by atoms with E-state index >= 15 is 0 Å². The molecule has 0 rings (SSSR count). The molecular formula is C52H100O6. The largest absolute Gasteiger partial charge is 0.462 e. The third-order valence-electron chi connectivity index (χ3n) is 12.1. The second kappa shape index (κ2) is 44.9. The van der Waals surface area contributed by atoms with E-state index in [1.165, 1.54) is 173 Å². The van der Waals surface area contributed by atoms with Crippen molar-refractivity contribution < 1.29 is 28.6 Å². The summed E-state index contributed by atoms with van der Waals surface area (Å²) in [5, 5.41) is 0. The quantitative estimate of drug-likeness (QED) is 0.0346. The van der Waals surface area contributed by atoms with Gasteiger partial charge in [0.15, 0.2) is 6.10 Å². The molecule has 0 aliphatic rings. The molecule has 0 spiro atoms. The lowest BCUT2D eigenvalue weighted by atomic mass is 9.99. The molecule has 0 radical (unpaired) electrons. The van der Waals surface area contributed by atoms with E-state index in [2.05, 4.69) is 34.6 Å².